The Balaban J connectivity index is 4.86. The van der Waals surface area contributed by atoms with Crippen LogP contribution in [0.5, 0.6) is 0 Å². The van der Waals surface area contributed by atoms with Crippen LogP contribution in [0.4, 0.5) is 0 Å². The molecule has 0 fully saturated rings. The minimum atomic E-state index is -2.43. The van der Waals surface area contributed by atoms with Gasteiger partial charge in [0.1, 0.15) is 0 Å². The van der Waals surface area contributed by atoms with Gasteiger partial charge in [0.2, 0.25) is 0 Å². The van der Waals surface area contributed by atoms with Crippen molar-refractivity contribution in [2.45, 2.75) is 18.3 Å². The molecule has 0 aliphatic carbocycles. The minimum absolute atomic E-state index is 1.05. The molecule has 3 atom stereocenters. The Bertz CT molecular complexity index is 330. The molecule has 22 heavy (non-hydrogen) atoms. The van der Waals surface area contributed by atoms with E-state index in [1.807, 2.05) is 0 Å². The Kier molecular flexibility index (Phi) is 9.24. The first kappa shape index (κ1) is 20.2. The van der Waals surface area contributed by atoms with Gasteiger partial charge in [-0.1, -0.05) is 0 Å². The number of aliphatic hydroxyl groups excluding tert-OH is 6. The van der Waals surface area contributed by atoms with Gasteiger partial charge in [0, 0.05) is 0 Å². The van der Waals surface area contributed by atoms with E-state index in [4.69, 9.17) is 30.6 Å². The highest BCUT2D eigenvalue weighted by molar-refractivity contribution is 6.44. The summed E-state index contributed by atoms with van der Waals surface area (Å²) in [5.41, 5.74) is 0. The van der Waals surface area contributed by atoms with Crippen LogP contribution in [0.3, 0.4) is 0 Å². The van der Waals surface area contributed by atoms with Crippen LogP contribution in [-0.4, -0.2) is 94.0 Å². The third-order valence-electron chi connectivity index (χ3n) is 1.97. The van der Waals surface area contributed by atoms with E-state index in [1.165, 1.54) is 0 Å². The fourth-order valence-electron chi connectivity index (χ4n) is 0.816. The third kappa shape index (κ3) is 6.79. The molecular weight excluding hydrogens is 311 g/mol. The molecule has 0 saturated heterocycles. The van der Waals surface area contributed by atoms with Gasteiger partial charge in [-0.25, -0.2) is 0 Å². The molecule has 0 bridgehead atoms. The van der Waals surface area contributed by atoms with Gasteiger partial charge in [0.05, 0.1) is 19.8 Å². The molecule has 0 radical (unpaired) electrons. The van der Waals surface area contributed by atoms with Crippen LogP contribution in [0.1, 0.15) is 0 Å². The SMILES string of the molecule is O=C(OB(OC(=O)C(O)CO)OC(=O)C(O)CO)C(O)CO. The first-order valence-corrected chi connectivity index (χ1v) is 5.75. The lowest BCUT2D eigenvalue weighted by molar-refractivity contribution is -0.160. The average molecular weight is 326 g/mol. The standard InChI is InChI=1S/C9H15BO12/c11-1-4(14)7(17)20-10(21-8(18)5(15)2-12)22-9(19)6(16)3-13/h4-6,11-16H,1-3H2. The Labute approximate surface area is 123 Å². The molecule has 0 heterocycles. The number of carbonyl (C=O) groups excluding carboxylic acids is 3. The van der Waals surface area contributed by atoms with Crippen molar-refractivity contribution < 1.29 is 59.0 Å². The van der Waals surface area contributed by atoms with Crippen molar-refractivity contribution in [2.24, 2.45) is 0 Å². The quantitative estimate of drug-likeness (QED) is 0.220. The zero-order valence-electron chi connectivity index (χ0n) is 11.1. The highest BCUT2D eigenvalue weighted by Crippen LogP contribution is 2.02. The molecule has 0 aromatic rings. The summed E-state index contributed by atoms with van der Waals surface area (Å²) < 4.78 is 12.6. The highest BCUT2D eigenvalue weighted by atomic mass is 16.8. The smallest absolute Gasteiger partial charge is 0.460 e. The van der Waals surface area contributed by atoms with Crippen LogP contribution >= 0.6 is 0 Å². The van der Waals surface area contributed by atoms with Crippen LogP contribution in [0.25, 0.3) is 0 Å². The molecule has 0 spiro atoms. The van der Waals surface area contributed by atoms with Crippen LogP contribution in [0, 0.1) is 0 Å². The van der Waals surface area contributed by atoms with Crippen molar-refractivity contribution in [3.63, 3.8) is 0 Å². The predicted molar refractivity (Wildman–Crippen MR) is 63.3 cm³/mol. The molecule has 0 saturated carbocycles. The van der Waals surface area contributed by atoms with E-state index in [9.17, 15) is 14.4 Å². The van der Waals surface area contributed by atoms with E-state index in [-0.39, 0.29) is 0 Å². The Morgan fingerprint density at radius 1 is 0.682 bits per heavy atom. The summed E-state index contributed by atoms with van der Waals surface area (Å²) in [4.78, 5) is 33.6. The number of aliphatic hydroxyl groups is 6. The summed E-state index contributed by atoms with van der Waals surface area (Å²) in [5.74, 6) is -4.65. The zero-order valence-corrected chi connectivity index (χ0v) is 11.1. The van der Waals surface area contributed by atoms with Crippen molar-refractivity contribution in [2.75, 3.05) is 19.8 Å². The minimum Gasteiger partial charge on any atom is -0.460 e. The van der Waals surface area contributed by atoms with E-state index in [1.54, 1.807) is 0 Å². The Hall–Kier alpha value is -1.77. The molecule has 0 rings (SSSR count). The lowest BCUT2D eigenvalue weighted by Crippen LogP contribution is -2.43. The molecule has 0 aliphatic heterocycles. The lowest BCUT2D eigenvalue weighted by atomic mass is 10.2. The molecule has 12 nitrogen and oxygen atoms in total. The number of hydrogen-bond acceptors (Lipinski definition) is 12. The second-order valence-corrected chi connectivity index (χ2v) is 3.69. The third-order valence-corrected chi connectivity index (χ3v) is 1.97. The number of hydrogen-bond donors (Lipinski definition) is 6. The Morgan fingerprint density at radius 3 is 1.09 bits per heavy atom. The largest absolute Gasteiger partial charge is 0.870 e. The van der Waals surface area contributed by atoms with Gasteiger partial charge in [-0.15, -0.1) is 0 Å². The van der Waals surface area contributed by atoms with Gasteiger partial charge in [-0.3, -0.25) is 14.4 Å². The fraction of sp³-hybridized carbons (Fsp3) is 0.667. The van der Waals surface area contributed by atoms with Crippen LogP contribution in [0.2, 0.25) is 0 Å². The molecule has 126 valence electrons. The van der Waals surface area contributed by atoms with Gasteiger partial charge in [-0.05, 0) is 0 Å². The second kappa shape index (κ2) is 10.0. The van der Waals surface area contributed by atoms with E-state index in [2.05, 4.69) is 14.0 Å². The lowest BCUT2D eigenvalue weighted by Gasteiger charge is -2.17. The van der Waals surface area contributed by atoms with E-state index >= 15 is 0 Å². The number of carbonyl (C=O) groups is 3. The molecule has 13 heteroatoms. The van der Waals surface area contributed by atoms with Crippen LogP contribution in [-0.2, 0) is 28.3 Å². The van der Waals surface area contributed by atoms with Gasteiger partial charge in [0.25, 0.3) is 0 Å². The summed E-state index contributed by atoms with van der Waals surface area (Å²) in [6, 6.07) is 0. The van der Waals surface area contributed by atoms with Gasteiger partial charge >= 0.3 is 25.2 Å². The summed E-state index contributed by atoms with van der Waals surface area (Å²) >= 11 is 0. The summed E-state index contributed by atoms with van der Waals surface area (Å²) in [6.07, 6.45) is -6.11. The normalized spacial score (nSPS) is 14.5. The maximum Gasteiger partial charge on any atom is 0.870 e. The van der Waals surface area contributed by atoms with Crippen molar-refractivity contribution in [1.29, 1.82) is 0 Å². The topological polar surface area (TPSA) is 200 Å². The fourth-order valence-corrected chi connectivity index (χ4v) is 0.816. The summed E-state index contributed by atoms with van der Waals surface area (Å²) in [5, 5.41) is 52.5. The first-order valence-electron chi connectivity index (χ1n) is 5.75. The second-order valence-electron chi connectivity index (χ2n) is 3.69. The van der Waals surface area contributed by atoms with Gasteiger partial charge in [-0.2, -0.15) is 0 Å². The van der Waals surface area contributed by atoms with E-state index in [0.29, 0.717) is 0 Å². The Morgan fingerprint density at radius 2 is 0.909 bits per heavy atom. The van der Waals surface area contributed by atoms with Crippen molar-refractivity contribution >= 4 is 25.2 Å². The summed E-state index contributed by atoms with van der Waals surface area (Å²) in [7, 11) is -2.43. The van der Waals surface area contributed by atoms with Crippen LogP contribution in [0.15, 0.2) is 0 Å². The van der Waals surface area contributed by atoms with Crippen LogP contribution < -0.4 is 0 Å². The zero-order chi connectivity index (χ0) is 17.3. The highest BCUT2D eigenvalue weighted by Gasteiger charge is 2.40. The first-order chi connectivity index (χ1) is 10.3. The number of rotatable bonds is 9. The van der Waals surface area contributed by atoms with Crippen molar-refractivity contribution in [3.8, 4) is 0 Å². The molecule has 0 aliphatic rings. The predicted octanol–water partition coefficient (Wildman–Crippen LogP) is -5.34. The van der Waals surface area contributed by atoms with Gasteiger partial charge < -0.3 is 44.6 Å². The maximum atomic E-state index is 11.2. The molecule has 0 aromatic carbocycles. The molecule has 3 unspecified atom stereocenters. The van der Waals surface area contributed by atoms with Gasteiger partial charge in [0.15, 0.2) is 18.3 Å². The summed E-state index contributed by atoms with van der Waals surface area (Å²) in [6.45, 7) is -3.15. The maximum absolute atomic E-state index is 11.2. The molecule has 0 aromatic heterocycles. The van der Waals surface area contributed by atoms with Crippen molar-refractivity contribution in [3.05, 3.63) is 0 Å². The van der Waals surface area contributed by atoms with E-state index in [0.717, 1.165) is 0 Å². The average Bonchev–Trinajstić information content (AvgIpc) is 2.51. The van der Waals surface area contributed by atoms with E-state index < -0.39 is 63.4 Å². The molecule has 0 amide bonds. The monoisotopic (exact) mass is 326 g/mol. The molecular formula is C9H15BO12. The molecule has 6 N–H and O–H groups in total. The van der Waals surface area contributed by atoms with Crippen molar-refractivity contribution in [1.82, 2.24) is 0 Å².